The van der Waals surface area contributed by atoms with Gasteiger partial charge in [0.05, 0.1) is 12.5 Å². The number of carbonyl (C=O) groups excluding carboxylic acids is 1. The molecule has 0 saturated carbocycles. The molecule has 0 bridgehead atoms. The Hall–Kier alpha value is -2.60. The van der Waals surface area contributed by atoms with Crippen LogP contribution in [0.1, 0.15) is 27.0 Å². The summed E-state index contributed by atoms with van der Waals surface area (Å²) in [7, 11) is 0. The first kappa shape index (κ1) is 13.8. The standard InChI is InChI=1S/C17H16N2O/c1-12-3-4-13(2)16(11-12)17(20)19-15-7-5-14(6-8-15)9-10-18/h3-8,11H,9H2,1-2H3,(H,19,20). The van der Waals surface area contributed by atoms with Crippen molar-refractivity contribution in [2.24, 2.45) is 0 Å². The Kier molecular flexibility index (Phi) is 4.17. The normalized spacial score (nSPS) is 9.85. The van der Waals surface area contributed by atoms with Crippen LogP contribution in [0.4, 0.5) is 5.69 Å². The van der Waals surface area contributed by atoms with E-state index in [4.69, 9.17) is 5.26 Å². The maximum absolute atomic E-state index is 12.2. The SMILES string of the molecule is Cc1ccc(C)c(C(=O)Nc2ccc(CC#N)cc2)c1. The Morgan fingerprint density at radius 2 is 1.85 bits per heavy atom. The number of anilines is 1. The summed E-state index contributed by atoms with van der Waals surface area (Å²) in [6, 6.07) is 15.2. The molecule has 1 N–H and O–H groups in total. The second-order valence-electron chi connectivity index (χ2n) is 4.80. The smallest absolute Gasteiger partial charge is 0.255 e. The van der Waals surface area contributed by atoms with E-state index in [9.17, 15) is 4.79 Å². The zero-order chi connectivity index (χ0) is 14.5. The summed E-state index contributed by atoms with van der Waals surface area (Å²) in [6.45, 7) is 3.89. The van der Waals surface area contributed by atoms with E-state index in [1.165, 1.54) is 0 Å². The lowest BCUT2D eigenvalue weighted by molar-refractivity contribution is 0.102. The van der Waals surface area contributed by atoms with E-state index in [0.29, 0.717) is 12.0 Å². The van der Waals surface area contributed by atoms with Crippen LogP contribution in [0.2, 0.25) is 0 Å². The number of rotatable bonds is 3. The zero-order valence-corrected chi connectivity index (χ0v) is 11.6. The topological polar surface area (TPSA) is 52.9 Å². The van der Waals surface area contributed by atoms with Crippen LogP contribution in [0.3, 0.4) is 0 Å². The summed E-state index contributed by atoms with van der Waals surface area (Å²) < 4.78 is 0. The first-order valence-electron chi connectivity index (χ1n) is 6.44. The fraction of sp³-hybridized carbons (Fsp3) is 0.176. The van der Waals surface area contributed by atoms with Crippen LogP contribution in [0.15, 0.2) is 42.5 Å². The number of carbonyl (C=O) groups is 1. The third-order valence-electron chi connectivity index (χ3n) is 3.13. The Bertz CT molecular complexity index is 666. The molecule has 0 spiro atoms. The number of nitriles is 1. The minimum absolute atomic E-state index is 0.112. The van der Waals surface area contributed by atoms with Crippen LogP contribution < -0.4 is 5.32 Å². The van der Waals surface area contributed by atoms with Crippen LogP contribution in [0.25, 0.3) is 0 Å². The molecule has 2 aromatic carbocycles. The first-order chi connectivity index (χ1) is 9.60. The lowest BCUT2D eigenvalue weighted by Crippen LogP contribution is -2.13. The number of nitrogens with one attached hydrogen (secondary N) is 1. The summed E-state index contributed by atoms with van der Waals surface area (Å²) in [5.41, 5.74) is 4.38. The summed E-state index contributed by atoms with van der Waals surface area (Å²) >= 11 is 0. The molecule has 0 fully saturated rings. The number of nitrogens with zero attached hydrogens (tertiary/aromatic N) is 1. The molecular weight excluding hydrogens is 248 g/mol. The van der Waals surface area contributed by atoms with Gasteiger partial charge in [0.1, 0.15) is 0 Å². The van der Waals surface area contributed by atoms with Gasteiger partial charge in [-0.25, -0.2) is 0 Å². The molecule has 0 radical (unpaired) electrons. The van der Waals surface area contributed by atoms with Gasteiger partial charge in [-0.2, -0.15) is 5.26 Å². The van der Waals surface area contributed by atoms with Crippen LogP contribution in [-0.2, 0) is 6.42 Å². The van der Waals surface area contributed by atoms with Crippen molar-refractivity contribution in [3.8, 4) is 6.07 Å². The quantitative estimate of drug-likeness (QED) is 0.920. The molecule has 0 atom stereocenters. The van der Waals surface area contributed by atoms with Crippen molar-refractivity contribution in [3.05, 3.63) is 64.7 Å². The molecular formula is C17H16N2O. The Morgan fingerprint density at radius 3 is 2.50 bits per heavy atom. The predicted molar refractivity (Wildman–Crippen MR) is 79.6 cm³/mol. The van der Waals surface area contributed by atoms with Crippen molar-refractivity contribution >= 4 is 11.6 Å². The molecule has 2 rings (SSSR count). The van der Waals surface area contributed by atoms with Gasteiger partial charge >= 0.3 is 0 Å². The highest BCUT2D eigenvalue weighted by Gasteiger charge is 2.09. The molecule has 0 aromatic heterocycles. The average molecular weight is 264 g/mol. The van der Waals surface area contributed by atoms with Gasteiger partial charge in [0.25, 0.3) is 5.91 Å². The van der Waals surface area contributed by atoms with Gasteiger partial charge in [-0.05, 0) is 43.2 Å². The molecule has 0 heterocycles. The van der Waals surface area contributed by atoms with Gasteiger partial charge in [-0.1, -0.05) is 29.8 Å². The van der Waals surface area contributed by atoms with Crippen LogP contribution in [0.5, 0.6) is 0 Å². The van der Waals surface area contributed by atoms with E-state index in [1.807, 2.05) is 56.3 Å². The fourth-order valence-corrected chi connectivity index (χ4v) is 1.98. The van der Waals surface area contributed by atoms with E-state index in [2.05, 4.69) is 11.4 Å². The first-order valence-corrected chi connectivity index (χ1v) is 6.44. The van der Waals surface area contributed by atoms with Crippen molar-refractivity contribution in [2.75, 3.05) is 5.32 Å². The highest BCUT2D eigenvalue weighted by molar-refractivity contribution is 6.05. The number of aryl methyl sites for hydroxylation is 2. The third-order valence-corrected chi connectivity index (χ3v) is 3.13. The van der Waals surface area contributed by atoms with Gasteiger partial charge in [0.2, 0.25) is 0 Å². The molecule has 3 heteroatoms. The molecule has 0 aliphatic carbocycles. The van der Waals surface area contributed by atoms with Gasteiger partial charge < -0.3 is 5.32 Å². The van der Waals surface area contributed by atoms with E-state index in [1.54, 1.807) is 0 Å². The van der Waals surface area contributed by atoms with Gasteiger partial charge in [-0.15, -0.1) is 0 Å². The van der Waals surface area contributed by atoms with Gasteiger partial charge in [-0.3, -0.25) is 4.79 Å². The zero-order valence-electron chi connectivity index (χ0n) is 11.6. The Balaban J connectivity index is 2.15. The molecule has 0 aliphatic heterocycles. The lowest BCUT2D eigenvalue weighted by Gasteiger charge is -2.09. The molecule has 0 aliphatic rings. The number of benzene rings is 2. The van der Waals surface area contributed by atoms with Crippen LogP contribution in [-0.4, -0.2) is 5.91 Å². The van der Waals surface area contributed by atoms with E-state index in [0.717, 1.165) is 22.4 Å². The summed E-state index contributed by atoms with van der Waals surface area (Å²) in [4.78, 5) is 12.2. The third kappa shape index (κ3) is 3.24. The highest BCUT2D eigenvalue weighted by Crippen LogP contribution is 2.15. The minimum Gasteiger partial charge on any atom is -0.322 e. The second kappa shape index (κ2) is 6.03. The number of hydrogen-bond acceptors (Lipinski definition) is 2. The molecule has 100 valence electrons. The molecule has 0 saturated heterocycles. The van der Waals surface area contributed by atoms with Gasteiger partial charge in [0, 0.05) is 11.3 Å². The van der Waals surface area contributed by atoms with E-state index in [-0.39, 0.29) is 5.91 Å². The molecule has 1 amide bonds. The number of amides is 1. The maximum atomic E-state index is 12.2. The Labute approximate surface area is 118 Å². The Morgan fingerprint density at radius 1 is 1.15 bits per heavy atom. The minimum atomic E-state index is -0.112. The predicted octanol–water partition coefficient (Wildman–Crippen LogP) is 3.62. The molecule has 2 aromatic rings. The number of hydrogen-bond donors (Lipinski definition) is 1. The van der Waals surface area contributed by atoms with Crippen molar-refractivity contribution < 1.29 is 4.79 Å². The highest BCUT2D eigenvalue weighted by atomic mass is 16.1. The van der Waals surface area contributed by atoms with Crippen LogP contribution in [0, 0.1) is 25.2 Å². The second-order valence-corrected chi connectivity index (χ2v) is 4.80. The average Bonchev–Trinajstić information content (AvgIpc) is 2.44. The van der Waals surface area contributed by atoms with E-state index >= 15 is 0 Å². The fourth-order valence-electron chi connectivity index (χ4n) is 1.98. The van der Waals surface area contributed by atoms with Crippen molar-refractivity contribution in [2.45, 2.75) is 20.3 Å². The van der Waals surface area contributed by atoms with Crippen LogP contribution >= 0.6 is 0 Å². The lowest BCUT2D eigenvalue weighted by atomic mass is 10.0. The van der Waals surface area contributed by atoms with Crippen molar-refractivity contribution in [3.63, 3.8) is 0 Å². The monoisotopic (exact) mass is 264 g/mol. The molecule has 0 unspecified atom stereocenters. The molecule has 3 nitrogen and oxygen atoms in total. The van der Waals surface area contributed by atoms with Crippen molar-refractivity contribution in [1.29, 1.82) is 5.26 Å². The summed E-state index contributed by atoms with van der Waals surface area (Å²) in [5.74, 6) is -0.112. The largest absolute Gasteiger partial charge is 0.322 e. The van der Waals surface area contributed by atoms with Gasteiger partial charge in [0.15, 0.2) is 0 Å². The summed E-state index contributed by atoms with van der Waals surface area (Å²) in [5, 5.41) is 11.5. The van der Waals surface area contributed by atoms with E-state index < -0.39 is 0 Å². The molecule has 20 heavy (non-hydrogen) atoms. The van der Waals surface area contributed by atoms with Crippen molar-refractivity contribution in [1.82, 2.24) is 0 Å². The maximum Gasteiger partial charge on any atom is 0.255 e. The summed E-state index contributed by atoms with van der Waals surface area (Å²) in [6.07, 6.45) is 0.380.